The highest BCUT2D eigenvalue weighted by Gasteiger charge is 2.31. The van der Waals surface area contributed by atoms with Crippen LogP contribution in [0.15, 0.2) is 0 Å². The molecule has 1 heterocycles. The van der Waals surface area contributed by atoms with Crippen LogP contribution in [0, 0.1) is 0 Å². The van der Waals surface area contributed by atoms with E-state index in [0.717, 1.165) is 13.0 Å². The Morgan fingerprint density at radius 1 is 1.42 bits per heavy atom. The van der Waals surface area contributed by atoms with E-state index in [2.05, 4.69) is 10.6 Å². The zero-order valence-corrected chi connectivity index (χ0v) is 12.7. The fourth-order valence-electron chi connectivity index (χ4n) is 2.24. The Bertz CT molecular complexity index is 334. The SMILES string of the molecule is CC(C)NC1CCN(CCC(=O)NC(C)(C)C)C1=O. The van der Waals surface area contributed by atoms with Gasteiger partial charge in [-0.1, -0.05) is 13.8 Å². The first-order valence-corrected chi connectivity index (χ1v) is 7.05. The average molecular weight is 269 g/mol. The summed E-state index contributed by atoms with van der Waals surface area (Å²) in [4.78, 5) is 25.6. The summed E-state index contributed by atoms with van der Waals surface area (Å²) in [5.74, 6) is 0.123. The van der Waals surface area contributed by atoms with E-state index in [1.54, 1.807) is 4.90 Å². The Morgan fingerprint density at radius 2 is 2.05 bits per heavy atom. The summed E-state index contributed by atoms with van der Waals surface area (Å²) < 4.78 is 0. The van der Waals surface area contributed by atoms with Crippen molar-refractivity contribution in [3.8, 4) is 0 Å². The fraction of sp³-hybridized carbons (Fsp3) is 0.857. The molecule has 0 aliphatic carbocycles. The van der Waals surface area contributed by atoms with E-state index in [-0.39, 0.29) is 23.4 Å². The molecule has 0 bridgehead atoms. The Balaban J connectivity index is 2.35. The van der Waals surface area contributed by atoms with E-state index in [4.69, 9.17) is 0 Å². The number of hydrogen-bond donors (Lipinski definition) is 2. The molecule has 0 aromatic carbocycles. The number of nitrogens with zero attached hydrogens (tertiary/aromatic N) is 1. The predicted octanol–water partition coefficient (Wildman–Crippen LogP) is 0.890. The number of amides is 2. The lowest BCUT2D eigenvalue weighted by atomic mass is 10.1. The molecule has 0 aromatic rings. The van der Waals surface area contributed by atoms with Crippen LogP contribution >= 0.6 is 0 Å². The Hall–Kier alpha value is -1.10. The van der Waals surface area contributed by atoms with E-state index in [1.807, 2.05) is 34.6 Å². The lowest BCUT2D eigenvalue weighted by Gasteiger charge is -2.22. The highest BCUT2D eigenvalue weighted by molar-refractivity contribution is 5.85. The molecule has 0 saturated carbocycles. The molecule has 1 fully saturated rings. The summed E-state index contributed by atoms with van der Waals surface area (Å²) in [6.07, 6.45) is 1.20. The van der Waals surface area contributed by atoms with E-state index in [9.17, 15) is 9.59 Å². The largest absolute Gasteiger partial charge is 0.351 e. The van der Waals surface area contributed by atoms with Gasteiger partial charge in [-0.15, -0.1) is 0 Å². The maximum atomic E-state index is 12.1. The summed E-state index contributed by atoms with van der Waals surface area (Å²) in [5, 5.41) is 6.16. The van der Waals surface area contributed by atoms with Gasteiger partial charge in [0.2, 0.25) is 11.8 Å². The topological polar surface area (TPSA) is 61.4 Å². The lowest BCUT2D eigenvalue weighted by molar-refractivity contribution is -0.130. The number of carbonyl (C=O) groups is 2. The normalized spacial score (nSPS) is 20.2. The van der Waals surface area contributed by atoms with Gasteiger partial charge in [0.15, 0.2) is 0 Å². The van der Waals surface area contributed by atoms with Crippen molar-refractivity contribution in [3.05, 3.63) is 0 Å². The van der Waals surface area contributed by atoms with E-state index >= 15 is 0 Å². The van der Waals surface area contributed by atoms with Gasteiger partial charge in [-0.3, -0.25) is 9.59 Å². The van der Waals surface area contributed by atoms with Gasteiger partial charge >= 0.3 is 0 Å². The van der Waals surface area contributed by atoms with Gasteiger partial charge in [-0.25, -0.2) is 0 Å². The highest BCUT2D eigenvalue weighted by Crippen LogP contribution is 2.12. The molecule has 2 amide bonds. The number of hydrogen-bond acceptors (Lipinski definition) is 3. The molecule has 1 saturated heterocycles. The van der Waals surface area contributed by atoms with Crippen LogP contribution in [-0.2, 0) is 9.59 Å². The summed E-state index contributed by atoms with van der Waals surface area (Å²) in [7, 11) is 0. The molecular weight excluding hydrogens is 242 g/mol. The molecule has 0 aromatic heterocycles. The molecule has 1 aliphatic rings. The van der Waals surface area contributed by atoms with Crippen LogP contribution in [0.2, 0.25) is 0 Å². The van der Waals surface area contributed by atoms with Crippen molar-refractivity contribution in [2.45, 2.75) is 65.1 Å². The molecule has 5 nitrogen and oxygen atoms in total. The minimum Gasteiger partial charge on any atom is -0.351 e. The first-order valence-electron chi connectivity index (χ1n) is 7.05. The summed E-state index contributed by atoms with van der Waals surface area (Å²) in [6.45, 7) is 11.2. The van der Waals surface area contributed by atoms with Gasteiger partial charge in [-0.05, 0) is 27.2 Å². The molecule has 1 aliphatic heterocycles. The Labute approximate surface area is 116 Å². The third kappa shape index (κ3) is 5.59. The third-order valence-electron chi connectivity index (χ3n) is 2.96. The van der Waals surface area contributed by atoms with Crippen molar-refractivity contribution in [1.29, 1.82) is 0 Å². The first kappa shape index (κ1) is 16.0. The maximum Gasteiger partial charge on any atom is 0.239 e. The minimum atomic E-state index is -0.214. The quantitative estimate of drug-likeness (QED) is 0.779. The van der Waals surface area contributed by atoms with Crippen LogP contribution in [0.25, 0.3) is 0 Å². The second kappa shape index (κ2) is 6.37. The molecule has 1 rings (SSSR count). The minimum absolute atomic E-state index is 0.000527. The molecule has 2 N–H and O–H groups in total. The molecule has 19 heavy (non-hydrogen) atoms. The van der Waals surface area contributed by atoms with Gasteiger partial charge in [-0.2, -0.15) is 0 Å². The van der Waals surface area contributed by atoms with Crippen LogP contribution < -0.4 is 10.6 Å². The van der Waals surface area contributed by atoms with E-state index in [0.29, 0.717) is 19.0 Å². The number of likely N-dealkylation sites (tertiary alicyclic amines) is 1. The second-order valence-electron chi connectivity index (χ2n) is 6.54. The first-order chi connectivity index (χ1) is 8.69. The van der Waals surface area contributed by atoms with Crippen LogP contribution in [0.5, 0.6) is 0 Å². The van der Waals surface area contributed by atoms with Gasteiger partial charge < -0.3 is 15.5 Å². The fourth-order valence-corrected chi connectivity index (χ4v) is 2.24. The van der Waals surface area contributed by atoms with Gasteiger partial charge in [0.1, 0.15) is 0 Å². The highest BCUT2D eigenvalue weighted by atomic mass is 16.2. The van der Waals surface area contributed by atoms with Crippen molar-refractivity contribution in [3.63, 3.8) is 0 Å². The molecule has 1 atom stereocenters. The van der Waals surface area contributed by atoms with Crippen molar-refractivity contribution in [1.82, 2.24) is 15.5 Å². The molecule has 1 unspecified atom stereocenters. The van der Waals surface area contributed by atoms with Crippen molar-refractivity contribution >= 4 is 11.8 Å². The van der Waals surface area contributed by atoms with E-state index < -0.39 is 0 Å². The molecular formula is C14H27N3O2. The monoisotopic (exact) mass is 269 g/mol. The van der Waals surface area contributed by atoms with Crippen molar-refractivity contribution in [2.75, 3.05) is 13.1 Å². The summed E-state index contributed by atoms with van der Waals surface area (Å²) in [6, 6.07) is 0.226. The van der Waals surface area contributed by atoms with Crippen LogP contribution in [0.3, 0.4) is 0 Å². The van der Waals surface area contributed by atoms with Crippen LogP contribution in [-0.4, -0.2) is 47.4 Å². The zero-order valence-electron chi connectivity index (χ0n) is 12.7. The van der Waals surface area contributed by atoms with Crippen molar-refractivity contribution in [2.24, 2.45) is 0 Å². The average Bonchev–Trinajstić information content (AvgIpc) is 2.54. The second-order valence-corrected chi connectivity index (χ2v) is 6.54. The Kier molecular flexibility index (Phi) is 5.35. The maximum absolute atomic E-state index is 12.1. The number of nitrogens with one attached hydrogen (secondary N) is 2. The summed E-state index contributed by atoms with van der Waals surface area (Å²) in [5.41, 5.74) is -0.214. The van der Waals surface area contributed by atoms with E-state index in [1.165, 1.54) is 0 Å². The third-order valence-corrected chi connectivity index (χ3v) is 2.96. The zero-order chi connectivity index (χ0) is 14.6. The number of rotatable bonds is 5. The van der Waals surface area contributed by atoms with Crippen LogP contribution in [0.4, 0.5) is 0 Å². The lowest BCUT2D eigenvalue weighted by Crippen LogP contribution is -2.44. The molecule has 110 valence electrons. The van der Waals surface area contributed by atoms with Gasteiger partial charge in [0.25, 0.3) is 0 Å². The molecule has 0 spiro atoms. The van der Waals surface area contributed by atoms with Crippen molar-refractivity contribution < 1.29 is 9.59 Å². The predicted molar refractivity (Wildman–Crippen MR) is 75.8 cm³/mol. The van der Waals surface area contributed by atoms with Crippen LogP contribution in [0.1, 0.15) is 47.5 Å². The smallest absolute Gasteiger partial charge is 0.239 e. The summed E-state index contributed by atoms with van der Waals surface area (Å²) >= 11 is 0. The standard InChI is InChI=1S/C14H27N3O2/c1-10(2)15-11-6-8-17(13(11)19)9-7-12(18)16-14(3,4)5/h10-11,15H,6-9H2,1-5H3,(H,16,18). The molecule has 0 radical (unpaired) electrons. The van der Waals surface area contributed by atoms with Gasteiger partial charge in [0, 0.05) is 31.1 Å². The van der Waals surface area contributed by atoms with Gasteiger partial charge in [0.05, 0.1) is 6.04 Å². The number of carbonyl (C=O) groups excluding carboxylic acids is 2. The Morgan fingerprint density at radius 3 is 2.58 bits per heavy atom. The molecule has 5 heteroatoms.